The Labute approximate surface area is 152 Å². The second-order valence-corrected chi connectivity index (χ2v) is 6.99. The molecule has 0 saturated carbocycles. The third-order valence-electron chi connectivity index (χ3n) is 5.27. The Hall–Kier alpha value is -2.37. The van der Waals surface area contributed by atoms with Gasteiger partial charge in [-0.3, -0.25) is 4.90 Å². The quantitative estimate of drug-likeness (QED) is 0.755. The van der Waals surface area contributed by atoms with Crippen LogP contribution < -0.4 is 4.90 Å². The third-order valence-corrected chi connectivity index (χ3v) is 5.27. The number of halogens is 1. The van der Waals surface area contributed by atoms with Crippen molar-refractivity contribution in [3.63, 3.8) is 0 Å². The number of aromatic amines is 1. The normalized spacial score (nSPS) is 17.0. The van der Waals surface area contributed by atoms with Crippen molar-refractivity contribution in [1.29, 1.82) is 0 Å². The van der Waals surface area contributed by atoms with Gasteiger partial charge < -0.3 is 15.0 Å². The van der Waals surface area contributed by atoms with Gasteiger partial charge in [-0.05, 0) is 37.3 Å². The molecule has 1 aliphatic heterocycles. The van der Waals surface area contributed by atoms with Crippen LogP contribution >= 0.6 is 0 Å². The average Bonchev–Trinajstić information content (AvgIpc) is 2.99. The molecule has 4 nitrogen and oxygen atoms in total. The number of anilines is 1. The minimum atomic E-state index is -0.511. The topological polar surface area (TPSA) is 42.5 Å². The van der Waals surface area contributed by atoms with Gasteiger partial charge in [-0.2, -0.15) is 0 Å². The number of hydrogen-bond acceptors (Lipinski definition) is 3. The second-order valence-electron chi connectivity index (χ2n) is 6.99. The Morgan fingerprint density at radius 1 is 1.04 bits per heavy atom. The van der Waals surface area contributed by atoms with Gasteiger partial charge in [0.2, 0.25) is 0 Å². The van der Waals surface area contributed by atoms with Gasteiger partial charge >= 0.3 is 0 Å². The van der Waals surface area contributed by atoms with Gasteiger partial charge in [-0.25, -0.2) is 4.39 Å². The van der Waals surface area contributed by atoms with E-state index in [1.54, 1.807) is 0 Å². The highest BCUT2D eigenvalue weighted by atomic mass is 19.1. The summed E-state index contributed by atoms with van der Waals surface area (Å²) in [7, 11) is 0. The number of piperazine rings is 1. The molecule has 2 aromatic carbocycles. The summed E-state index contributed by atoms with van der Waals surface area (Å²) in [4.78, 5) is 7.92. The van der Waals surface area contributed by atoms with Gasteiger partial charge in [0.15, 0.2) is 0 Å². The first-order valence-corrected chi connectivity index (χ1v) is 9.10. The van der Waals surface area contributed by atoms with Crippen LogP contribution in [0.3, 0.4) is 0 Å². The third kappa shape index (κ3) is 3.32. The fraction of sp³-hybridized carbons (Fsp3) is 0.333. The van der Waals surface area contributed by atoms with Crippen LogP contribution in [0, 0.1) is 12.7 Å². The Morgan fingerprint density at radius 3 is 2.46 bits per heavy atom. The number of rotatable bonds is 4. The van der Waals surface area contributed by atoms with E-state index in [0.717, 1.165) is 54.0 Å². The number of fused-ring (bicyclic) bond motifs is 1. The molecule has 136 valence electrons. The molecule has 2 N–H and O–H groups in total. The molecule has 0 radical (unpaired) electrons. The van der Waals surface area contributed by atoms with Crippen molar-refractivity contribution < 1.29 is 9.50 Å². The highest BCUT2D eigenvalue weighted by Gasteiger charge is 2.23. The van der Waals surface area contributed by atoms with Crippen molar-refractivity contribution in [3.05, 3.63) is 65.6 Å². The van der Waals surface area contributed by atoms with Crippen molar-refractivity contribution in [3.8, 4) is 0 Å². The summed E-state index contributed by atoms with van der Waals surface area (Å²) in [5.74, 6) is -0.204. The Balaban J connectivity index is 1.41. The molecule has 3 aromatic rings. The van der Waals surface area contributed by atoms with Crippen molar-refractivity contribution in [2.45, 2.75) is 13.0 Å². The van der Waals surface area contributed by atoms with Gasteiger partial charge in [0.05, 0.1) is 6.10 Å². The van der Waals surface area contributed by atoms with Crippen molar-refractivity contribution in [1.82, 2.24) is 9.88 Å². The van der Waals surface area contributed by atoms with Crippen LogP contribution in [0.5, 0.6) is 0 Å². The maximum atomic E-state index is 13.1. The molecule has 1 atom stereocenters. The Morgan fingerprint density at radius 2 is 1.73 bits per heavy atom. The minimum Gasteiger partial charge on any atom is -0.387 e. The molecule has 1 aromatic heterocycles. The van der Waals surface area contributed by atoms with Crippen LogP contribution in [0.1, 0.15) is 17.4 Å². The molecular formula is C21H24FN3O. The van der Waals surface area contributed by atoms with Gasteiger partial charge in [0.25, 0.3) is 0 Å². The standard InChI is InChI=1S/C21H24FN3O/c1-15-21(18-4-2-3-5-19(18)23-15)20(26)14-24-10-12-25(13-11-24)17-8-6-16(22)7-9-17/h2-9,20,23,26H,10-14H2,1H3/t20-/m1/s1. The van der Waals surface area contributed by atoms with Crippen LogP contribution in [-0.4, -0.2) is 47.7 Å². The summed E-state index contributed by atoms with van der Waals surface area (Å²) in [6.07, 6.45) is -0.511. The van der Waals surface area contributed by atoms with Crippen molar-refractivity contribution >= 4 is 16.6 Å². The van der Waals surface area contributed by atoms with Crippen LogP contribution in [0.15, 0.2) is 48.5 Å². The number of para-hydroxylation sites is 1. The Bertz CT molecular complexity index is 882. The van der Waals surface area contributed by atoms with Crippen molar-refractivity contribution in [2.75, 3.05) is 37.6 Å². The fourth-order valence-electron chi connectivity index (χ4n) is 3.90. The van der Waals surface area contributed by atoms with E-state index >= 15 is 0 Å². The largest absolute Gasteiger partial charge is 0.387 e. The van der Waals surface area contributed by atoms with E-state index in [1.165, 1.54) is 12.1 Å². The SMILES string of the molecule is Cc1[nH]c2ccccc2c1[C@H](O)CN1CCN(c2ccc(F)cc2)CC1. The molecule has 1 fully saturated rings. The summed E-state index contributed by atoms with van der Waals surface area (Å²) in [5.41, 5.74) is 4.16. The highest BCUT2D eigenvalue weighted by Crippen LogP contribution is 2.28. The smallest absolute Gasteiger partial charge is 0.123 e. The molecule has 0 spiro atoms. The van der Waals surface area contributed by atoms with Gasteiger partial charge in [-0.15, -0.1) is 0 Å². The molecule has 0 amide bonds. The summed E-state index contributed by atoms with van der Waals surface area (Å²) < 4.78 is 13.1. The first-order valence-electron chi connectivity index (χ1n) is 9.10. The molecule has 0 bridgehead atoms. The highest BCUT2D eigenvalue weighted by molar-refractivity contribution is 5.84. The first-order chi connectivity index (χ1) is 12.6. The number of benzene rings is 2. The molecular weight excluding hydrogens is 329 g/mol. The predicted molar refractivity (Wildman–Crippen MR) is 103 cm³/mol. The van der Waals surface area contributed by atoms with Crippen LogP contribution in [0.25, 0.3) is 10.9 Å². The number of aliphatic hydroxyl groups is 1. The average molecular weight is 353 g/mol. The second kappa shape index (κ2) is 7.09. The van der Waals surface area contributed by atoms with Crippen LogP contribution in [-0.2, 0) is 0 Å². The van der Waals surface area contributed by atoms with Crippen molar-refractivity contribution in [2.24, 2.45) is 0 Å². The summed E-state index contributed by atoms with van der Waals surface area (Å²) >= 11 is 0. The zero-order valence-corrected chi connectivity index (χ0v) is 15.0. The number of nitrogens with zero attached hydrogens (tertiary/aromatic N) is 2. The number of β-amino-alcohol motifs (C(OH)–C–C–N with tert-alkyl or cyclic N) is 1. The van der Waals surface area contributed by atoms with Crippen LogP contribution in [0.4, 0.5) is 10.1 Å². The zero-order valence-electron chi connectivity index (χ0n) is 15.0. The number of hydrogen-bond donors (Lipinski definition) is 2. The Kier molecular flexibility index (Phi) is 4.66. The van der Waals surface area contributed by atoms with Gasteiger partial charge in [-0.1, -0.05) is 18.2 Å². The summed E-state index contributed by atoms with van der Waals surface area (Å²) in [6.45, 7) is 6.17. The van der Waals surface area contributed by atoms with E-state index in [-0.39, 0.29) is 5.82 Å². The monoisotopic (exact) mass is 353 g/mol. The summed E-state index contributed by atoms with van der Waals surface area (Å²) in [5, 5.41) is 11.9. The number of nitrogens with one attached hydrogen (secondary N) is 1. The van der Waals surface area contributed by atoms with E-state index in [4.69, 9.17) is 0 Å². The van der Waals surface area contributed by atoms with Gasteiger partial charge in [0.1, 0.15) is 5.82 Å². The van der Waals surface area contributed by atoms with E-state index < -0.39 is 6.10 Å². The molecule has 2 heterocycles. The van der Waals surface area contributed by atoms with Crippen LogP contribution in [0.2, 0.25) is 0 Å². The molecule has 0 unspecified atom stereocenters. The van der Waals surface area contributed by atoms with Gasteiger partial charge in [0, 0.05) is 60.6 Å². The lowest BCUT2D eigenvalue weighted by Gasteiger charge is -2.37. The molecule has 1 aliphatic rings. The lowest BCUT2D eigenvalue weighted by atomic mass is 10.0. The van der Waals surface area contributed by atoms with E-state index in [1.807, 2.05) is 37.3 Å². The minimum absolute atomic E-state index is 0.204. The molecule has 26 heavy (non-hydrogen) atoms. The molecule has 5 heteroatoms. The molecule has 0 aliphatic carbocycles. The van der Waals surface area contributed by atoms with E-state index in [9.17, 15) is 9.50 Å². The van der Waals surface area contributed by atoms with E-state index in [2.05, 4.69) is 20.9 Å². The number of aliphatic hydroxyl groups excluding tert-OH is 1. The fourth-order valence-corrected chi connectivity index (χ4v) is 3.90. The molecule has 1 saturated heterocycles. The first kappa shape index (κ1) is 17.1. The molecule has 4 rings (SSSR count). The lowest BCUT2D eigenvalue weighted by Crippen LogP contribution is -2.47. The number of aryl methyl sites for hydroxylation is 1. The maximum absolute atomic E-state index is 13.1. The predicted octanol–water partition coefficient (Wildman–Crippen LogP) is 3.47. The number of H-pyrrole nitrogens is 1. The zero-order chi connectivity index (χ0) is 18.1. The lowest BCUT2D eigenvalue weighted by molar-refractivity contribution is 0.110. The maximum Gasteiger partial charge on any atom is 0.123 e. The number of aromatic nitrogens is 1. The summed E-state index contributed by atoms with van der Waals surface area (Å²) in [6, 6.07) is 14.8. The van der Waals surface area contributed by atoms with E-state index in [0.29, 0.717) is 6.54 Å².